The van der Waals surface area contributed by atoms with Gasteiger partial charge in [-0.1, -0.05) is 11.6 Å². The first kappa shape index (κ1) is 26.8. The van der Waals surface area contributed by atoms with Crippen LogP contribution in [0.3, 0.4) is 0 Å². The minimum absolute atomic E-state index is 0.0771. The Kier molecular flexibility index (Phi) is 9.23. The summed E-state index contributed by atoms with van der Waals surface area (Å²) < 4.78 is 12.2. The Morgan fingerprint density at radius 2 is 1.94 bits per heavy atom. The molecule has 1 N–H and O–H groups in total. The second kappa shape index (κ2) is 11.7. The van der Waals surface area contributed by atoms with Crippen LogP contribution in [-0.4, -0.2) is 48.2 Å². The maximum atomic E-state index is 12.9. The van der Waals surface area contributed by atoms with Crippen molar-refractivity contribution in [3.8, 4) is 5.75 Å². The van der Waals surface area contributed by atoms with Gasteiger partial charge < -0.3 is 14.8 Å². The zero-order valence-electron chi connectivity index (χ0n) is 17.8. The highest BCUT2D eigenvalue weighted by Gasteiger charge is 2.36. The van der Waals surface area contributed by atoms with E-state index in [4.69, 9.17) is 16.3 Å². The summed E-state index contributed by atoms with van der Waals surface area (Å²) in [5.74, 6) is -1.22. The number of carbonyl (C=O) groups is 4. The smallest absolute Gasteiger partial charge is 0.339 e. The van der Waals surface area contributed by atoms with Crippen molar-refractivity contribution in [2.24, 2.45) is 0 Å². The fourth-order valence-corrected chi connectivity index (χ4v) is 6.04. The van der Waals surface area contributed by atoms with Crippen LogP contribution in [0.1, 0.15) is 22.8 Å². The lowest BCUT2D eigenvalue weighted by Gasteiger charge is -2.13. The number of methoxy groups -OCH3 is 1. The highest BCUT2D eigenvalue weighted by Crippen LogP contribution is 2.36. The van der Waals surface area contributed by atoms with Crippen molar-refractivity contribution in [1.29, 1.82) is 0 Å². The van der Waals surface area contributed by atoms with E-state index in [1.165, 1.54) is 25.3 Å². The zero-order valence-corrected chi connectivity index (χ0v) is 23.7. The van der Waals surface area contributed by atoms with Crippen LogP contribution >= 0.6 is 68.5 Å². The van der Waals surface area contributed by atoms with Gasteiger partial charge in [-0.2, -0.15) is 0 Å². The van der Waals surface area contributed by atoms with Gasteiger partial charge >= 0.3 is 5.97 Å². The highest BCUT2D eigenvalue weighted by molar-refractivity contribution is 14.1. The second-order valence-corrected chi connectivity index (χ2v) is 10.5. The number of amides is 3. The molecular weight excluding hydrogens is 710 g/mol. The average Bonchev–Trinajstić information content (AvgIpc) is 3.04. The molecule has 0 atom stereocenters. The largest absolute Gasteiger partial charge is 0.492 e. The fourth-order valence-electron chi connectivity index (χ4n) is 2.98. The van der Waals surface area contributed by atoms with Gasteiger partial charge in [-0.3, -0.25) is 19.3 Å². The number of anilines is 1. The maximum Gasteiger partial charge on any atom is 0.339 e. The van der Waals surface area contributed by atoms with E-state index in [1.807, 2.05) is 19.1 Å². The number of hydrogen-bond donors (Lipinski definition) is 1. The van der Waals surface area contributed by atoms with E-state index in [-0.39, 0.29) is 21.2 Å². The van der Waals surface area contributed by atoms with Crippen molar-refractivity contribution in [3.63, 3.8) is 0 Å². The molecule has 3 amide bonds. The molecule has 0 unspecified atom stereocenters. The number of esters is 1. The number of rotatable bonds is 7. The molecule has 178 valence electrons. The summed E-state index contributed by atoms with van der Waals surface area (Å²) in [7, 11) is 1.21. The van der Waals surface area contributed by atoms with Crippen LogP contribution in [-0.2, 0) is 14.3 Å². The summed E-state index contributed by atoms with van der Waals surface area (Å²) in [5, 5.41) is 2.16. The summed E-state index contributed by atoms with van der Waals surface area (Å²) in [5.41, 5.74) is 1.02. The normalized spacial score (nSPS) is 14.5. The van der Waals surface area contributed by atoms with E-state index in [1.54, 1.807) is 6.08 Å². The summed E-state index contributed by atoms with van der Waals surface area (Å²) >= 11 is 11.1. The van der Waals surface area contributed by atoms with Gasteiger partial charge in [-0.25, -0.2) is 4.79 Å². The van der Waals surface area contributed by atoms with Crippen molar-refractivity contribution >= 4 is 103 Å². The minimum Gasteiger partial charge on any atom is -0.492 e. The van der Waals surface area contributed by atoms with Gasteiger partial charge in [-0.15, -0.1) is 0 Å². The monoisotopic (exact) mass is 726 g/mol. The lowest BCUT2D eigenvalue weighted by molar-refractivity contribution is -0.127. The molecule has 0 spiro atoms. The number of benzene rings is 2. The zero-order chi connectivity index (χ0) is 25.0. The molecule has 1 aliphatic heterocycles. The lowest BCUT2D eigenvalue weighted by atomic mass is 10.2. The summed E-state index contributed by atoms with van der Waals surface area (Å²) in [6.07, 6.45) is 1.60. The Morgan fingerprint density at radius 1 is 1.21 bits per heavy atom. The molecule has 8 nitrogen and oxygen atoms in total. The van der Waals surface area contributed by atoms with Crippen LogP contribution in [0.4, 0.5) is 10.5 Å². The number of imide groups is 1. The molecule has 2 aromatic carbocycles. The summed E-state index contributed by atoms with van der Waals surface area (Å²) in [4.78, 5) is 50.7. The van der Waals surface area contributed by atoms with Crippen LogP contribution < -0.4 is 10.1 Å². The van der Waals surface area contributed by atoms with E-state index in [2.05, 4.69) is 55.2 Å². The number of halogens is 3. The molecule has 0 bridgehead atoms. The highest BCUT2D eigenvalue weighted by atomic mass is 127. The van der Waals surface area contributed by atoms with E-state index >= 15 is 0 Å². The Labute approximate surface area is 232 Å². The Bertz CT molecular complexity index is 1220. The van der Waals surface area contributed by atoms with Crippen molar-refractivity contribution in [1.82, 2.24) is 4.90 Å². The van der Waals surface area contributed by atoms with Gasteiger partial charge in [0.2, 0.25) is 5.91 Å². The molecule has 3 rings (SSSR count). The van der Waals surface area contributed by atoms with Crippen molar-refractivity contribution in [2.45, 2.75) is 6.92 Å². The first-order valence-electron chi connectivity index (χ1n) is 9.69. The van der Waals surface area contributed by atoms with Crippen LogP contribution in [0, 0.1) is 7.14 Å². The number of carbonyl (C=O) groups excluding carboxylic acids is 4. The topological polar surface area (TPSA) is 102 Å². The summed E-state index contributed by atoms with van der Waals surface area (Å²) in [6, 6.07) is 8.09. The predicted octanol–water partition coefficient (Wildman–Crippen LogP) is 5.41. The third kappa shape index (κ3) is 6.23. The van der Waals surface area contributed by atoms with Crippen molar-refractivity contribution in [2.75, 3.05) is 25.6 Å². The molecule has 0 saturated carbocycles. The van der Waals surface area contributed by atoms with Gasteiger partial charge in [0.05, 0.1) is 32.8 Å². The first-order chi connectivity index (χ1) is 16.1. The summed E-state index contributed by atoms with van der Waals surface area (Å²) in [6.45, 7) is 1.82. The minimum atomic E-state index is -0.658. The number of ether oxygens (including phenoxy) is 2. The average molecular weight is 727 g/mol. The SMILES string of the molecule is CCOc1c(I)cc(I)cc1/C=C1/SC(=O)N(CC(=O)Nc2ccc(Cl)c(C(=O)OC)c2)C1=O. The molecular formula is C22H17ClI2N2O6S. The van der Waals surface area contributed by atoms with Gasteiger partial charge in [0.15, 0.2) is 0 Å². The fraction of sp³-hybridized carbons (Fsp3) is 0.182. The quantitative estimate of drug-likeness (QED) is 0.232. The van der Waals surface area contributed by atoms with Gasteiger partial charge in [0.1, 0.15) is 12.3 Å². The van der Waals surface area contributed by atoms with Gasteiger partial charge in [0, 0.05) is 14.8 Å². The molecule has 1 aliphatic rings. The Morgan fingerprint density at radius 3 is 2.62 bits per heavy atom. The van der Waals surface area contributed by atoms with E-state index in [0.717, 1.165) is 23.8 Å². The number of nitrogens with zero attached hydrogens (tertiary/aromatic N) is 1. The lowest BCUT2D eigenvalue weighted by Crippen LogP contribution is -2.36. The molecule has 12 heteroatoms. The number of thioether (sulfide) groups is 1. The first-order valence-corrected chi connectivity index (χ1v) is 13.0. The second-order valence-electron chi connectivity index (χ2n) is 6.74. The van der Waals surface area contributed by atoms with Crippen molar-refractivity contribution < 1.29 is 28.7 Å². The van der Waals surface area contributed by atoms with Crippen LogP contribution in [0.2, 0.25) is 5.02 Å². The standard InChI is InChI=1S/C22H17ClI2N2O6S/c1-3-33-19-11(6-12(24)8-16(19)25)7-17-20(29)27(22(31)34-17)10-18(28)26-13-4-5-15(23)14(9-13)21(30)32-2/h4-9H,3,10H2,1-2H3,(H,26,28)/b17-7+. The third-order valence-corrected chi connectivity index (χ3v) is 7.10. The predicted molar refractivity (Wildman–Crippen MR) is 147 cm³/mol. The molecule has 0 aromatic heterocycles. The van der Waals surface area contributed by atoms with Gasteiger partial charge in [-0.05, 0) is 100 Å². The maximum absolute atomic E-state index is 12.9. The number of nitrogens with one attached hydrogen (secondary N) is 1. The van der Waals surface area contributed by atoms with Crippen LogP contribution in [0.25, 0.3) is 6.08 Å². The van der Waals surface area contributed by atoms with Crippen LogP contribution in [0.15, 0.2) is 35.2 Å². The Balaban J connectivity index is 1.77. The van der Waals surface area contributed by atoms with Gasteiger partial charge in [0.25, 0.3) is 11.1 Å². The van der Waals surface area contributed by atoms with E-state index in [9.17, 15) is 19.2 Å². The molecule has 0 radical (unpaired) electrons. The molecule has 0 aliphatic carbocycles. The van der Waals surface area contributed by atoms with Crippen LogP contribution in [0.5, 0.6) is 5.75 Å². The molecule has 1 saturated heterocycles. The Hall–Kier alpha value is -1.84. The molecule has 1 fully saturated rings. The third-order valence-electron chi connectivity index (χ3n) is 4.44. The molecule has 1 heterocycles. The van der Waals surface area contributed by atoms with E-state index < -0.39 is 29.6 Å². The van der Waals surface area contributed by atoms with E-state index in [0.29, 0.717) is 17.9 Å². The van der Waals surface area contributed by atoms with Crippen molar-refractivity contribution in [3.05, 3.63) is 58.5 Å². The molecule has 2 aromatic rings. The number of hydrogen-bond acceptors (Lipinski definition) is 7. The molecule has 34 heavy (non-hydrogen) atoms.